The van der Waals surface area contributed by atoms with E-state index in [0.717, 1.165) is 16.5 Å². The zero-order valence-corrected chi connectivity index (χ0v) is 14.2. The summed E-state index contributed by atoms with van der Waals surface area (Å²) in [5.41, 5.74) is 2.60. The van der Waals surface area contributed by atoms with Crippen molar-refractivity contribution in [3.63, 3.8) is 0 Å². The fourth-order valence-electron chi connectivity index (χ4n) is 2.16. The molecule has 1 nitrogen and oxygen atoms in total. The molecule has 4 heteroatoms. The highest BCUT2D eigenvalue weighted by molar-refractivity contribution is 7.99. The molecular weight excluding hydrogens is 321 g/mol. The third-order valence-corrected chi connectivity index (χ3v) is 5.34. The molecule has 0 saturated heterocycles. The Balaban J connectivity index is 1.84. The van der Waals surface area contributed by atoms with Crippen molar-refractivity contribution in [2.75, 3.05) is 0 Å². The summed E-state index contributed by atoms with van der Waals surface area (Å²) in [5, 5.41) is 5.04. The van der Waals surface area contributed by atoms with Gasteiger partial charge in [-0.3, -0.25) is 0 Å². The van der Waals surface area contributed by atoms with Crippen molar-refractivity contribution in [3.8, 4) is 0 Å². The molecule has 110 valence electrons. The molecule has 1 N–H and O–H groups in total. The SMILES string of the molecule is Cc1ccc(Sc2cc(Cl)ccc2Cl)c(CNC2CC2)c1. The van der Waals surface area contributed by atoms with Crippen LogP contribution >= 0.6 is 35.0 Å². The standard InChI is InChI=1S/C17H17Cl2NS/c1-11-2-7-16(12(8-11)10-20-14-4-5-14)21-17-9-13(18)3-6-15(17)19/h2-3,6-9,14,20H,4-5,10H2,1H3. The molecule has 0 unspecified atom stereocenters. The lowest BCUT2D eigenvalue weighted by Crippen LogP contribution is -2.15. The van der Waals surface area contributed by atoms with Gasteiger partial charge in [0.05, 0.1) is 5.02 Å². The van der Waals surface area contributed by atoms with Gasteiger partial charge in [0.25, 0.3) is 0 Å². The number of aryl methyl sites for hydroxylation is 1. The molecule has 0 aliphatic heterocycles. The Morgan fingerprint density at radius 2 is 1.90 bits per heavy atom. The highest BCUT2D eigenvalue weighted by Crippen LogP contribution is 2.37. The van der Waals surface area contributed by atoms with E-state index in [9.17, 15) is 0 Å². The van der Waals surface area contributed by atoms with Crippen LogP contribution in [0.3, 0.4) is 0 Å². The molecule has 21 heavy (non-hydrogen) atoms. The Bertz CT molecular complexity index is 653. The summed E-state index contributed by atoms with van der Waals surface area (Å²) < 4.78 is 0. The zero-order valence-electron chi connectivity index (χ0n) is 11.8. The predicted octanol–water partition coefficient (Wildman–Crippen LogP) is 5.71. The maximum atomic E-state index is 6.27. The minimum atomic E-state index is 0.707. The van der Waals surface area contributed by atoms with Crippen LogP contribution in [0.15, 0.2) is 46.2 Å². The van der Waals surface area contributed by atoms with Crippen LogP contribution in [0.1, 0.15) is 24.0 Å². The van der Waals surface area contributed by atoms with E-state index in [1.165, 1.54) is 28.9 Å². The number of hydrogen-bond acceptors (Lipinski definition) is 2. The van der Waals surface area contributed by atoms with E-state index < -0.39 is 0 Å². The number of hydrogen-bond donors (Lipinski definition) is 1. The van der Waals surface area contributed by atoms with Crippen molar-refractivity contribution < 1.29 is 0 Å². The lowest BCUT2D eigenvalue weighted by molar-refractivity contribution is 0.680. The first-order chi connectivity index (χ1) is 10.1. The van der Waals surface area contributed by atoms with Gasteiger partial charge in [-0.2, -0.15) is 0 Å². The Kier molecular flexibility index (Phi) is 4.80. The van der Waals surface area contributed by atoms with Gasteiger partial charge < -0.3 is 5.32 Å². The molecule has 0 aromatic heterocycles. The van der Waals surface area contributed by atoms with E-state index in [2.05, 4.69) is 30.4 Å². The van der Waals surface area contributed by atoms with Crippen molar-refractivity contribution in [2.45, 2.75) is 42.1 Å². The maximum Gasteiger partial charge on any atom is 0.0546 e. The van der Waals surface area contributed by atoms with Gasteiger partial charge in [0.1, 0.15) is 0 Å². The fourth-order valence-corrected chi connectivity index (χ4v) is 3.62. The van der Waals surface area contributed by atoms with E-state index in [1.54, 1.807) is 11.8 Å². The highest BCUT2D eigenvalue weighted by Gasteiger charge is 2.20. The third kappa shape index (κ3) is 4.17. The van der Waals surface area contributed by atoms with Crippen LogP contribution in [0.5, 0.6) is 0 Å². The zero-order chi connectivity index (χ0) is 14.8. The summed E-state index contributed by atoms with van der Waals surface area (Å²) in [7, 11) is 0. The Morgan fingerprint density at radius 3 is 2.67 bits per heavy atom. The van der Waals surface area contributed by atoms with E-state index in [1.807, 2.05) is 18.2 Å². The predicted molar refractivity (Wildman–Crippen MR) is 91.6 cm³/mol. The maximum absolute atomic E-state index is 6.27. The molecule has 2 aromatic carbocycles. The number of halogens is 2. The molecular formula is C17H17Cl2NS. The Labute approximate surface area is 140 Å². The molecule has 0 bridgehead atoms. The lowest BCUT2D eigenvalue weighted by Gasteiger charge is -2.12. The number of nitrogens with one attached hydrogen (secondary N) is 1. The first-order valence-corrected chi connectivity index (χ1v) is 8.65. The van der Waals surface area contributed by atoms with Crippen LogP contribution in [0.25, 0.3) is 0 Å². The highest BCUT2D eigenvalue weighted by atomic mass is 35.5. The summed E-state index contributed by atoms with van der Waals surface area (Å²) in [6.07, 6.45) is 2.60. The fraction of sp³-hybridized carbons (Fsp3) is 0.294. The van der Waals surface area contributed by atoms with Gasteiger partial charge in [-0.1, -0.05) is 52.7 Å². The second kappa shape index (κ2) is 6.62. The van der Waals surface area contributed by atoms with E-state index >= 15 is 0 Å². The van der Waals surface area contributed by atoms with Gasteiger partial charge in [-0.05, 0) is 49.6 Å². The molecule has 0 radical (unpaired) electrons. The van der Waals surface area contributed by atoms with Gasteiger partial charge in [-0.25, -0.2) is 0 Å². The normalized spacial score (nSPS) is 14.4. The van der Waals surface area contributed by atoms with E-state index in [-0.39, 0.29) is 0 Å². The van der Waals surface area contributed by atoms with Crippen LogP contribution in [-0.4, -0.2) is 6.04 Å². The van der Waals surface area contributed by atoms with Crippen molar-refractivity contribution in [3.05, 3.63) is 57.6 Å². The van der Waals surface area contributed by atoms with Gasteiger partial charge in [0.15, 0.2) is 0 Å². The Morgan fingerprint density at radius 1 is 1.10 bits per heavy atom. The van der Waals surface area contributed by atoms with Gasteiger partial charge in [0.2, 0.25) is 0 Å². The average molecular weight is 338 g/mol. The number of benzene rings is 2. The van der Waals surface area contributed by atoms with Crippen LogP contribution < -0.4 is 5.32 Å². The second-order valence-corrected chi connectivity index (χ2v) is 7.37. The van der Waals surface area contributed by atoms with Crippen molar-refractivity contribution >= 4 is 35.0 Å². The topological polar surface area (TPSA) is 12.0 Å². The first kappa shape index (κ1) is 15.2. The van der Waals surface area contributed by atoms with Crippen LogP contribution in [0.4, 0.5) is 0 Å². The van der Waals surface area contributed by atoms with E-state index in [4.69, 9.17) is 23.2 Å². The van der Waals surface area contributed by atoms with Crippen LogP contribution in [0, 0.1) is 6.92 Å². The minimum Gasteiger partial charge on any atom is -0.310 e. The molecule has 1 saturated carbocycles. The van der Waals surface area contributed by atoms with Crippen molar-refractivity contribution in [1.82, 2.24) is 5.32 Å². The largest absolute Gasteiger partial charge is 0.310 e. The summed E-state index contributed by atoms with van der Waals surface area (Å²) in [4.78, 5) is 2.23. The molecule has 1 aliphatic carbocycles. The molecule has 2 aromatic rings. The smallest absolute Gasteiger partial charge is 0.0546 e. The van der Waals surface area contributed by atoms with E-state index in [0.29, 0.717) is 11.1 Å². The first-order valence-electron chi connectivity index (χ1n) is 7.07. The molecule has 0 heterocycles. The molecule has 0 atom stereocenters. The summed E-state index contributed by atoms with van der Waals surface area (Å²) in [6.45, 7) is 3.04. The monoisotopic (exact) mass is 337 g/mol. The average Bonchev–Trinajstić information content (AvgIpc) is 3.27. The summed E-state index contributed by atoms with van der Waals surface area (Å²) in [5.74, 6) is 0. The summed E-state index contributed by atoms with van der Waals surface area (Å²) >= 11 is 14.0. The molecule has 1 aliphatic rings. The quantitative estimate of drug-likeness (QED) is 0.750. The van der Waals surface area contributed by atoms with Gasteiger partial charge in [0, 0.05) is 27.4 Å². The molecule has 0 amide bonds. The van der Waals surface area contributed by atoms with Gasteiger partial charge >= 0.3 is 0 Å². The lowest BCUT2D eigenvalue weighted by atomic mass is 10.1. The molecule has 0 spiro atoms. The minimum absolute atomic E-state index is 0.707. The van der Waals surface area contributed by atoms with Crippen molar-refractivity contribution in [2.24, 2.45) is 0 Å². The number of rotatable bonds is 5. The second-order valence-electron chi connectivity index (χ2n) is 5.44. The molecule has 1 fully saturated rings. The summed E-state index contributed by atoms with van der Waals surface area (Å²) in [6, 6.07) is 12.9. The Hall–Kier alpha value is -0.670. The van der Waals surface area contributed by atoms with Crippen LogP contribution in [0.2, 0.25) is 10.0 Å². The third-order valence-electron chi connectivity index (χ3n) is 3.49. The van der Waals surface area contributed by atoms with Crippen molar-refractivity contribution in [1.29, 1.82) is 0 Å². The molecule has 3 rings (SSSR count). The van der Waals surface area contributed by atoms with Crippen LogP contribution in [-0.2, 0) is 6.54 Å². The van der Waals surface area contributed by atoms with Gasteiger partial charge in [-0.15, -0.1) is 0 Å².